The Kier molecular flexibility index (Phi) is 5.45. The number of hydrogen-bond donors (Lipinski definition) is 1. The summed E-state index contributed by atoms with van der Waals surface area (Å²) in [5.74, 6) is 0. The quantitative estimate of drug-likeness (QED) is 0.665. The van der Waals surface area contributed by atoms with Crippen LogP contribution in [0.2, 0.25) is 0 Å². The van der Waals surface area contributed by atoms with Gasteiger partial charge in [0.05, 0.1) is 9.83 Å². The van der Waals surface area contributed by atoms with Crippen LogP contribution in [0.1, 0.15) is 34.7 Å². The lowest BCUT2D eigenvalue weighted by atomic mass is 10.1. The summed E-state index contributed by atoms with van der Waals surface area (Å²) in [6, 6.07) is 4.75. The van der Waals surface area contributed by atoms with Crippen LogP contribution < -0.4 is 5.32 Å². The van der Waals surface area contributed by atoms with Gasteiger partial charge in [-0.05, 0) is 74.8 Å². The van der Waals surface area contributed by atoms with E-state index in [-0.39, 0.29) is 0 Å². The van der Waals surface area contributed by atoms with E-state index >= 15 is 0 Å². The Morgan fingerprint density at radius 2 is 2.17 bits per heavy atom. The summed E-state index contributed by atoms with van der Waals surface area (Å²) in [5.41, 5.74) is 1.40. The Labute approximate surface area is 133 Å². The second-order valence-electron chi connectivity index (χ2n) is 4.09. The van der Waals surface area contributed by atoms with Crippen molar-refractivity contribution in [2.45, 2.75) is 26.3 Å². The van der Waals surface area contributed by atoms with Crippen molar-refractivity contribution in [3.05, 3.63) is 41.1 Å². The van der Waals surface area contributed by atoms with E-state index in [2.05, 4.69) is 68.5 Å². The molecule has 2 rings (SSSR count). The third-order valence-corrected chi connectivity index (χ3v) is 6.94. The van der Waals surface area contributed by atoms with Crippen LogP contribution in [0.15, 0.2) is 25.8 Å². The van der Waals surface area contributed by atoms with Gasteiger partial charge in [-0.2, -0.15) is 0 Å². The zero-order valence-corrected chi connectivity index (χ0v) is 15.1. The first kappa shape index (κ1) is 14.7. The molecule has 0 aliphatic carbocycles. The van der Waals surface area contributed by atoms with Crippen LogP contribution in [0.3, 0.4) is 0 Å². The predicted octanol–water partition coefficient (Wildman–Crippen LogP) is 5.73. The van der Waals surface area contributed by atoms with Crippen molar-refractivity contribution in [3.63, 3.8) is 0 Å². The van der Waals surface area contributed by atoms with Crippen LogP contribution >= 0.6 is 54.5 Å². The lowest BCUT2D eigenvalue weighted by molar-refractivity contribution is 0.605. The first-order chi connectivity index (χ1) is 8.63. The van der Waals surface area contributed by atoms with Crippen molar-refractivity contribution in [1.82, 2.24) is 5.32 Å². The SMILES string of the molecule is CCCNC(c1cc(Br)c(Br)s1)c1ccsc1C. The average molecular weight is 409 g/mol. The van der Waals surface area contributed by atoms with Crippen LogP contribution in [0.4, 0.5) is 0 Å². The summed E-state index contributed by atoms with van der Waals surface area (Å²) in [7, 11) is 0. The van der Waals surface area contributed by atoms with Gasteiger partial charge in [0, 0.05) is 14.2 Å². The molecule has 0 radical (unpaired) electrons. The van der Waals surface area contributed by atoms with Gasteiger partial charge in [0.15, 0.2) is 0 Å². The van der Waals surface area contributed by atoms with Gasteiger partial charge < -0.3 is 5.32 Å². The standard InChI is InChI=1S/C13H15Br2NS2/c1-3-5-16-12(9-4-6-17-8(9)2)11-7-10(14)13(15)18-11/h4,6-7,12,16H,3,5H2,1-2H3. The molecule has 1 atom stereocenters. The van der Waals surface area contributed by atoms with Gasteiger partial charge in [-0.15, -0.1) is 22.7 Å². The fraction of sp³-hybridized carbons (Fsp3) is 0.385. The summed E-state index contributed by atoms with van der Waals surface area (Å²) in [6.45, 7) is 5.43. The van der Waals surface area contributed by atoms with Gasteiger partial charge in [-0.3, -0.25) is 0 Å². The topological polar surface area (TPSA) is 12.0 Å². The monoisotopic (exact) mass is 407 g/mol. The highest BCUT2D eigenvalue weighted by molar-refractivity contribution is 9.13. The summed E-state index contributed by atoms with van der Waals surface area (Å²) in [6.07, 6.45) is 1.15. The van der Waals surface area contributed by atoms with E-state index in [1.165, 1.54) is 15.3 Å². The van der Waals surface area contributed by atoms with Crippen LogP contribution in [0, 0.1) is 6.92 Å². The molecule has 2 aromatic rings. The molecule has 18 heavy (non-hydrogen) atoms. The largest absolute Gasteiger partial charge is 0.306 e. The highest BCUT2D eigenvalue weighted by Crippen LogP contribution is 2.39. The third-order valence-electron chi connectivity index (χ3n) is 2.76. The van der Waals surface area contributed by atoms with Crippen molar-refractivity contribution in [2.24, 2.45) is 0 Å². The molecule has 0 saturated heterocycles. The molecule has 0 fully saturated rings. The molecule has 0 aliphatic heterocycles. The van der Waals surface area contributed by atoms with Crippen molar-refractivity contribution in [1.29, 1.82) is 0 Å². The molecule has 5 heteroatoms. The zero-order valence-electron chi connectivity index (χ0n) is 10.3. The van der Waals surface area contributed by atoms with Crippen molar-refractivity contribution < 1.29 is 0 Å². The van der Waals surface area contributed by atoms with E-state index in [1.807, 2.05) is 11.3 Å². The minimum atomic E-state index is 0.309. The Bertz CT molecular complexity index is 499. The predicted molar refractivity (Wildman–Crippen MR) is 88.9 cm³/mol. The van der Waals surface area contributed by atoms with E-state index in [0.717, 1.165) is 21.2 Å². The number of halogens is 2. The highest BCUT2D eigenvalue weighted by atomic mass is 79.9. The maximum absolute atomic E-state index is 3.64. The summed E-state index contributed by atoms with van der Waals surface area (Å²) >= 11 is 10.8. The van der Waals surface area contributed by atoms with Crippen LogP contribution in [-0.2, 0) is 0 Å². The molecule has 0 saturated carbocycles. The van der Waals surface area contributed by atoms with E-state index in [0.29, 0.717) is 6.04 Å². The van der Waals surface area contributed by atoms with Crippen molar-refractivity contribution >= 4 is 54.5 Å². The molecule has 0 aromatic carbocycles. The normalized spacial score (nSPS) is 12.9. The van der Waals surface area contributed by atoms with E-state index < -0.39 is 0 Å². The lowest BCUT2D eigenvalue weighted by Gasteiger charge is -2.17. The third kappa shape index (κ3) is 3.25. The maximum atomic E-state index is 3.64. The molecule has 1 nitrogen and oxygen atoms in total. The maximum Gasteiger partial charge on any atom is 0.0843 e. The lowest BCUT2D eigenvalue weighted by Crippen LogP contribution is -2.22. The minimum Gasteiger partial charge on any atom is -0.306 e. The molecule has 0 bridgehead atoms. The molecule has 1 N–H and O–H groups in total. The summed E-state index contributed by atoms with van der Waals surface area (Å²) < 4.78 is 2.30. The van der Waals surface area contributed by atoms with Crippen LogP contribution in [-0.4, -0.2) is 6.54 Å². The Morgan fingerprint density at radius 1 is 1.39 bits per heavy atom. The molecule has 0 amide bonds. The van der Waals surface area contributed by atoms with Crippen molar-refractivity contribution in [2.75, 3.05) is 6.54 Å². The highest BCUT2D eigenvalue weighted by Gasteiger charge is 2.19. The fourth-order valence-electron chi connectivity index (χ4n) is 1.85. The first-order valence-electron chi connectivity index (χ1n) is 5.85. The smallest absolute Gasteiger partial charge is 0.0843 e. The minimum absolute atomic E-state index is 0.309. The average Bonchev–Trinajstić information content (AvgIpc) is 2.88. The molecule has 1 unspecified atom stereocenters. The van der Waals surface area contributed by atoms with Crippen LogP contribution in [0.25, 0.3) is 0 Å². The number of rotatable bonds is 5. The van der Waals surface area contributed by atoms with Gasteiger partial charge in [0.1, 0.15) is 0 Å². The summed E-state index contributed by atoms with van der Waals surface area (Å²) in [4.78, 5) is 2.74. The Balaban J connectivity index is 2.33. The van der Waals surface area contributed by atoms with Gasteiger partial charge in [-0.1, -0.05) is 6.92 Å². The number of nitrogens with one attached hydrogen (secondary N) is 1. The van der Waals surface area contributed by atoms with Gasteiger partial charge in [0.25, 0.3) is 0 Å². The molecular weight excluding hydrogens is 394 g/mol. The molecule has 2 heterocycles. The Hall–Kier alpha value is 0.320. The molecular formula is C13H15Br2NS2. The molecule has 0 aliphatic rings. The van der Waals surface area contributed by atoms with Crippen molar-refractivity contribution in [3.8, 4) is 0 Å². The van der Waals surface area contributed by atoms with E-state index in [9.17, 15) is 0 Å². The Morgan fingerprint density at radius 3 is 2.67 bits per heavy atom. The summed E-state index contributed by atoms with van der Waals surface area (Å²) in [5, 5.41) is 5.81. The van der Waals surface area contributed by atoms with Gasteiger partial charge >= 0.3 is 0 Å². The molecule has 2 aromatic heterocycles. The van der Waals surface area contributed by atoms with Gasteiger partial charge in [0.2, 0.25) is 0 Å². The van der Waals surface area contributed by atoms with Gasteiger partial charge in [-0.25, -0.2) is 0 Å². The molecule has 98 valence electrons. The number of hydrogen-bond acceptors (Lipinski definition) is 3. The fourth-order valence-corrected chi connectivity index (χ4v) is 4.78. The second-order valence-corrected chi connectivity index (χ2v) is 8.47. The van der Waals surface area contributed by atoms with E-state index in [1.54, 1.807) is 11.3 Å². The molecule has 0 spiro atoms. The second kappa shape index (κ2) is 6.66. The zero-order chi connectivity index (χ0) is 13.1. The number of thiophene rings is 2. The van der Waals surface area contributed by atoms with Crippen LogP contribution in [0.5, 0.6) is 0 Å². The first-order valence-corrected chi connectivity index (χ1v) is 9.13. The van der Waals surface area contributed by atoms with E-state index in [4.69, 9.17) is 0 Å². The number of aryl methyl sites for hydroxylation is 1.